The third-order valence-corrected chi connectivity index (χ3v) is 5.52. The maximum absolute atomic E-state index is 12.9. The molecule has 3 rings (SSSR count). The van der Waals surface area contributed by atoms with Gasteiger partial charge in [0.1, 0.15) is 11.4 Å². The Morgan fingerprint density at radius 1 is 1.23 bits per heavy atom. The molecule has 1 saturated heterocycles. The molecule has 30 heavy (non-hydrogen) atoms. The molecule has 1 aromatic carbocycles. The van der Waals surface area contributed by atoms with Crippen molar-refractivity contribution in [2.24, 2.45) is 0 Å². The Labute approximate surface area is 174 Å². The van der Waals surface area contributed by atoms with Gasteiger partial charge in [-0.3, -0.25) is 19.3 Å². The van der Waals surface area contributed by atoms with Gasteiger partial charge in [-0.25, -0.2) is 9.18 Å². The van der Waals surface area contributed by atoms with Crippen LogP contribution in [0.25, 0.3) is 0 Å². The Morgan fingerprint density at radius 3 is 2.57 bits per heavy atom. The molecular weight excluding hydrogens is 393 g/mol. The number of nitrogens with zero attached hydrogens (tertiary/aromatic N) is 1. The highest BCUT2D eigenvalue weighted by molar-refractivity contribution is 6.07. The fraction of sp³-hybridized carbons (Fsp3) is 0.524. The van der Waals surface area contributed by atoms with E-state index in [0.717, 1.165) is 23.3 Å². The van der Waals surface area contributed by atoms with Crippen LogP contribution < -0.4 is 10.6 Å². The van der Waals surface area contributed by atoms with Gasteiger partial charge >= 0.3 is 12.0 Å². The average Bonchev–Trinajstić information content (AvgIpc) is 3.27. The number of benzene rings is 1. The van der Waals surface area contributed by atoms with Crippen molar-refractivity contribution < 1.29 is 28.3 Å². The van der Waals surface area contributed by atoms with E-state index >= 15 is 0 Å². The standard InChI is InChI=1S/C21H26FN3O5/c1-14(18(27)23-13-15-6-8-16(22)9-7-15)30-17(26)5-4-12-25-19(28)21(24-20(25)29)10-2-3-11-21/h6-9,14H,2-5,10-13H2,1H3,(H,23,27)(H,24,29)/t14-/m0/s1. The normalized spacial score (nSPS) is 18.4. The second-order valence-electron chi connectivity index (χ2n) is 7.76. The van der Waals surface area contributed by atoms with Gasteiger partial charge in [0, 0.05) is 19.5 Å². The zero-order valence-corrected chi connectivity index (χ0v) is 16.9. The minimum absolute atomic E-state index is 0.0142. The van der Waals surface area contributed by atoms with Gasteiger partial charge in [-0.1, -0.05) is 25.0 Å². The van der Waals surface area contributed by atoms with Gasteiger partial charge in [-0.15, -0.1) is 0 Å². The average molecular weight is 419 g/mol. The summed E-state index contributed by atoms with van der Waals surface area (Å²) in [6, 6.07) is 5.29. The van der Waals surface area contributed by atoms with Crippen LogP contribution in [0.5, 0.6) is 0 Å². The maximum Gasteiger partial charge on any atom is 0.325 e. The van der Waals surface area contributed by atoms with Crippen molar-refractivity contribution in [3.05, 3.63) is 35.6 Å². The summed E-state index contributed by atoms with van der Waals surface area (Å²) in [5, 5.41) is 5.41. The molecule has 1 aliphatic carbocycles. The summed E-state index contributed by atoms with van der Waals surface area (Å²) < 4.78 is 18.0. The van der Waals surface area contributed by atoms with Crippen LogP contribution in [0, 0.1) is 5.82 Å². The number of carbonyl (C=O) groups is 4. The van der Waals surface area contributed by atoms with Crippen LogP contribution in [0.15, 0.2) is 24.3 Å². The van der Waals surface area contributed by atoms with E-state index in [-0.39, 0.29) is 37.7 Å². The summed E-state index contributed by atoms with van der Waals surface area (Å²) >= 11 is 0. The van der Waals surface area contributed by atoms with Crippen molar-refractivity contribution in [2.45, 2.75) is 63.6 Å². The number of nitrogens with one attached hydrogen (secondary N) is 2. The minimum Gasteiger partial charge on any atom is -0.453 e. The first-order valence-electron chi connectivity index (χ1n) is 10.2. The molecule has 1 saturated carbocycles. The Morgan fingerprint density at radius 2 is 1.90 bits per heavy atom. The van der Waals surface area contributed by atoms with E-state index in [2.05, 4.69) is 10.6 Å². The summed E-state index contributed by atoms with van der Waals surface area (Å²) in [6.07, 6.45) is 2.39. The molecule has 1 atom stereocenters. The number of hydrogen-bond donors (Lipinski definition) is 2. The van der Waals surface area contributed by atoms with E-state index < -0.39 is 29.6 Å². The molecule has 9 heteroatoms. The highest BCUT2D eigenvalue weighted by atomic mass is 19.1. The van der Waals surface area contributed by atoms with Crippen molar-refractivity contribution in [2.75, 3.05) is 6.54 Å². The van der Waals surface area contributed by atoms with Crippen molar-refractivity contribution in [3.8, 4) is 0 Å². The molecule has 4 amide bonds. The molecule has 1 aliphatic heterocycles. The number of halogens is 1. The number of hydrogen-bond acceptors (Lipinski definition) is 5. The van der Waals surface area contributed by atoms with Gasteiger partial charge < -0.3 is 15.4 Å². The predicted octanol–water partition coefficient (Wildman–Crippen LogP) is 2.02. The van der Waals surface area contributed by atoms with Crippen LogP contribution in [0.2, 0.25) is 0 Å². The van der Waals surface area contributed by atoms with Crippen LogP contribution in [-0.4, -0.2) is 46.9 Å². The van der Waals surface area contributed by atoms with Crippen LogP contribution in [0.3, 0.4) is 0 Å². The largest absolute Gasteiger partial charge is 0.453 e. The fourth-order valence-electron chi connectivity index (χ4n) is 3.82. The smallest absolute Gasteiger partial charge is 0.325 e. The highest BCUT2D eigenvalue weighted by Crippen LogP contribution is 2.35. The molecule has 162 valence electrons. The minimum atomic E-state index is -0.989. The maximum atomic E-state index is 12.9. The Hall–Kier alpha value is -2.97. The Balaban J connectivity index is 1.37. The molecule has 0 bridgehead atoms. The molecule has 0 aromatic heterocycles. The van der Waals surface area contributed by atoms with Gasteiger partial charge in [-0.2, -0.15) is 0 Å². The van der Waals surface area contributed by atoms with E-state index in [9.17, 15) is 23.6 Å². The molecule has 0 unspecified atom stereocenters. The molecule has 1 aromatic rings. The molecule has 2 N–H and O–H groups in total. The fourth-order valence-corrected chi connectivity index (χ4v) is 3.82. The van der Waals surface area contributed by atoms with Gasteiger partial charge in [0.15, 0.2) is 6.10 Å². The zero-order valence-electron chi connectivity index (χ0n) is 16.9. The number of amides is 4. The molecule has 2 aliphatic rings. The van der Waals surface area contributed by atoms with Gasteiger partial charge in [0.2, 0.25) is 0 Å². The first-order chi connectivity index (χ1) is 14.3. The van der Waals surface area contributed by atoms with E-state index in [0.29, 0.717) is 12.8 Å². The first kappa shape index (κ1) is 21.7. The molecule has 8 nitrogen and oxygen atoms in total. The van der Waals surface area contributed by atoms with E-state index in [1.807, 2.05) is 0 Å². The van der Waals surface area contributed by atoms with Crippen LogP contribution in [0.4, 0.5) is 9.18 Å². The van der Waals surface area contributed by atoms with Crippen LogP contribution in [-0.2, 0) is 25.7 Å². The number of imide groups is 1. The lowest BCUT2D eigenvalue weighted by Crippen LogP contribution is -2.44. The monoisotopic (exact) mass is 419 g/mol. The lowest BCUT2D eigenvalue weighted by molar-refractivity contribution is -0.155. The first-order valence-corrected chi connectivity index (χ1v) is 10.2. The van der Waals surface area contributed by atoms with Crippen LogP contribution >= 0.6 is 0 Å². The Kier molecular flexibility index (Phi) is 6.69. The summed E-state index contributed by atoms with van der Waals surface area (Å²) in [5.74, 6) is -1.63. The summed E-state index contributed by atoms with van der Waals surface area (Å²) in [7, 11) is 0. The van der Waals surface area contributed by atoms with Crippen molar-refractivity contribution in [3.63, 3.8) is 0 Å². The van der Waals surface area contributed by atoms with Crippen molar-refractivity contribution in [1.29, 1.82) is 0 Å². The van der Waals surface area contributed by atoms with Gasteiger partial charge in [0.05, 0.1) is 0 Å². The van der Waals surface area contributed by atoms with E-state index in [1.165, 1.54) is 19.1 Å². The van der Waals surface area contributed by atoms with E-state index in [4.69, 9.17) is 4.74 Å². The molecule has 1 heterocycles. The molecular formula is C21H26FN3O5. The van der Waals surface area contributed by atoms with Gasteiger partial charge in [-0.05, 0) is 43.9 Å². The number of urea groups is 1. The lowest BCUT2D eigenvalue weighted by atomic mass is 9.98. The number of esters is 1. The summed E-state index contributed by atoms with van der Waals surface area (Å²) in [4.78, 5) is 49.9. The summed E-state index contributed by atoms with van der Waals surface area (Å²) in [6.45, 7) is 1.78. The topological polar surface area (TPSA) is 105 Å². The molecule has 2 fully saturated rings. The predicted molar refractivity (Wildman–Crippen MR) is 104 cm³/mol. The molecule has 1 spiro atoms. The number of rotatable bonds is 8. The number of ether oxygens (including phenoxy) is 1. The third kappa shape index (κ3) is 4.95. The molecule has 0 radical (unpaired) electrons. The summed E-state index contributed by atoms with van der Waals surface area (Å²) in [5.41, 5.74) is -0.0359. The van der Waals surface area contributed by atoms with E-state index in [1.54, 1.807) is 12.1 Å². The highest BCUT2D eigenvalue weighted by Gasteiger charge is 2.52. The Bertz CT molecular complexity index is 820. The van der Waals surface area contributed by atoms with Gasteiger partial charge in [0.25, 0.3) is 11.8 Å². The quantitative estimate of drug-likeness (QED) is 0.496. The van der Waals surface area contributed by atoms with Crippen molar-refractivity contribution in [1.82, 2.24) is 15.5 Å². The second kappa shape index (κ2) is 9.23. The van der Waals surface area contributed by atoms with Crippen molar-refractivity contribution >= 4 is 23.8 Å². The number of carbonyl (C=O) groups excluding carboxylic acids is 4. The zero-order chi connectivity index (χ0) is 21.7. The SMILES string of the molecule is C[C@H](OC(=O)CCCN1C(=O)NC2(CCCC2)C1=O)C(=O)NCc1ccc(F)cc1. The third-order valence-electron chi connectivity index (χ3n) is 5.52. The second-order valence-corrected chi connectivity index (χ2v) is 7.76. The van der Waals surface area contributed by atoms with Crippen LogP contribution in [0.1, 0.15) is 51.0 Å². The lowest BCUT2D eigenvalue weighted by Gasteiger charge is -2.20.